The van der Waals surface area contributed by atoms with Crippen LogP contribution in [0, 0.1) is 6.92 Å². The highest BCUT2D eigenvalue weighted by Gasteiger charge is 2.18. The first kappa shape index (κ1) is 20.7. The van der Waals surface area contributed by atoms with E-state index in [1.165, 1.54) is 11.3 Å². The third-order valence-corrected chi connectivity index (χ3v) is 5.94. The Kier molecular flexibility index (Phi) is 6.55. The summed E-state index contributed by atoms with van der Waals surface area (Å²) in [4.78, 5) is 17.5. The summed E-state index contributed by atoms with van der Waals surface area (Å²) in [5.41, 5.74) is 5.29. The molecular weight excluding hydrogens is 378 g/mol. The number of carbonyl (C=O) groups excluding carboxylic acids is 1. The molecule has 0 aliphatic carbocycles. The van der Waals surface area contributed by atoms with E-state index >= 15 is 0 Å². The average molecular weight is 410 g/mol. The lowest BCUT2D eigenvalue weighted by atomic mass is 10.1. The summed E-state index contributed by atoms with van der Waals surface area (Å²) < 4.78 is 10.9. The predicted octanol–water partition coefficient (Wildman–Crippen LogP) is 3.16. The second kappa shape index (κ2) is 9.49. The van der Waals surface area contributed by atoms with E-state index in [9.17, 15) is 4.79 Å². The largest absolute Gasteiger partial charge is 0.378 e. The lowest BCUT2D eigenvalue weighted by molar-refractivity contribution is 0.0940. The highest BCUT2D eigenvalue weighted by Crippen LogP contribution is 2.24. The van der Waals surface area contributed by atoms with Crippen LogP contribution in [0.3, 0.4) is 0 Å². The Balaban J connectivity index is 1.41. The molecular formula is C24H31N3O3. The third kappa shape index (κ3) is 4.77. The lowest BCUT2D eigenvalue weighted by Gasteiger charge is -2.30. The average Bonchev–Trinajstić information content (AvgIpc) is 2.80. The van der Waals surface area contributed by atoms with Gasteiger partial charge in [-0.2, -0.15) is 0 Å². The highest BCUT2D eigenvalue weighted by molar-refractivity contribution is 5.95. The third-order valence-electron chi connectivity index (χ3n) is 5.94. The molecule has 0 spiro atoms. The van der Waals surface area contributed by atoms with Crippen LogP contribution >= 0.6 is 0 Å². The van der Waals surface area contributed by atoms with Gasteiger partial charge in [-0.25, -0.2) is 0 Å². The Morgan fingerprint density at radius 3 is 2.13 bits per heavy atom. The number of hydrogen-bond acceptors (Lipinski definition) is 5. The summed E-state index contributed by atoms with van der Waals surface area (Å²) in [7, 11) is 0. The summed E-state index contributed by atoms with van der Waals surface area (Å²) in [5.74, 6) is -0.0470. The number of morpholine rings is 2. The molecule has 160 valence electrons. The Morgan fingerprint density at radius 1 is 0.900 bits per heavy atom. The van der Waals surface area contributed by atoms with Gasteiger partial charge in [-0.05, 0) is 49.2 Å². The molecule has 4 rings (SSSR count). The first-order valence-corrected chi connectivity index (χ1v) is 10.8. The fourth-order valence-corrected chi connectivity index (χ4v) is 4.05. The minimum atomic E-state index is -0.0654. The quantitative estimate of drug-likeness (QED) is 0.822. The van der Waals surface area contributed by atoms with Gasteiger partial charge in [0.2, 0.25) is 0 Å². The molecule has 1 amide bonds. The summed E-state index contributed by atoms with van der Waals surface area (Å²) >= 11 is 0. The van der Waals surface area contributed by atoms with E-state index in [4.69, 9.17) is 9.47 Å². The van der Waals surface area contributed by atoms with Gasteiger partial charge in [-0.3, -0.25) is 4.79 Å². The van der Waals surface area contributed by atoms with Gasteiger partial charge in [-0.15, -0.1) is 0 Å². The molecule has 2 aliphatic heterocycles. The molecule has 2 aliphatic rings. The number of rotatable bonds is 5. The van der Waals surface area contributed by atoms with Crippen molar-refractivity contribution in [3.05, 3.63) is 59.2 Å². The number of anilines is 2. The fourth-order valence-electron chi connectivity index (χ4n) is 4.05. The van der Waals surface area contributed by atoms with Gasteiger partial charge in [0.05, 0.1) is 32.5 Å². The van der Waals surface area contributed by atoms with Crippen molar-refractivity contribution in [3.8, 4) is 0 Å². The van der Waals surface area contributed by atoms with Gasteiger partial charge in [0.25, 0.3) is 5.91 Å². The van der Waals surface area contributed by atoms with Crippen LogP contribution in [0.5, 0.6) is 0 Å². The van der Waals surface area contributed by atoms with E-state index in [-0.39, 0.29) is 11.9 Å². The van der Waals surface area contributed by atoms with Crippen molar-refractivity contribution in [1.29, 1.82) is 0 Å². The zero-order chi connectivity index (χ0) is 20.9. The maximum absolute atomic E-state index is 12.9. The van der Waals surface area contributed by atoms with Crippen molar-refractivity contribution >= 4 is 17.3 Å². The molecule has 6 heteroatoms. The Labute approximate surface area is 178 Å². The number of benzene rings is 2. The van der Waals surface area contributed by atoms with Crippen molar-refractivity contribution in [2.75, 3.05) is 62.4 Å². The molecule has 2 saturated heterocycles. The molecule has 0 bridgehead atoms. The SMILES string of the molecule is Cc1ccc(C(=O)NC(C)c2ccc(N3CCOCC3)cc2)cc1N1CCOCC1. The van der Waals surface area contributed by atoms with Gasteiger partial charge in [0.15, 0.2) is 0 Å². The van der Waals surface area contributed by atoms with Crippen molar-refractivity contribution in [2.45, 2.75) is 19.9 Å². The number of carbonyl (C=O) groups is 1. The van der Waals surface area contributed by atoms with Crippen LogP contribution < -0.4 is 15.1 Å². The van der Waals surface area contributed by atoms with Gasteiger partial charge < -0.3 is 24.6 Å². The number of nitrogens with zero attached hydrogens (tertiary/aromatic N) is 2. The van der Waals surface area contributed by atoms with Crippen LogP contribution in [-0.2, 0) is 9.47 Å². The van der Waals surface area contributed by atoms with Crippen LogP contribution in [0.2, 0.25) is 0 Å². The van der Waals surface area contributed by atoms with Crippen LogP contribution in [0.1, 0.15) is 34.5 Å². The van der Waals surface area contributed by atoms with E-state index in [1.54, 1.807) is 0 Å². The number of amides is 1. The predicted molar refractivity (Wildman–Crippen MR) is 120 cm³/mol. The Bertz CT molecular complexity index is 856. The Hall–Kier alpha value is -2.57. The monoisotopic (exact) mass is 409 g/mol. The van der Waals surface area contributed by atoms with Gasteiger partial charge in [0.1, 0.15) is 0 Å². The molecule has 1 N–H and O–H groups in total. The molecule has 2 fully saturated rings. The molecule has 0 radical (unpaired) electrons. The number of ether oxygens (including phenoxy) is 2. The van der Waals surface area contributed by atoms with Crippen LogP contribution in [0.25, 0.3) is 0 Å². The molecule has 0 saturated carbocycles. The zero-order valence-electron chi connectivity index (χ0n) is 17.9. The topological polar surface area (TPSA) is 54.0 Å². The summed E-state index contributed by atoms with van der Waals surface area (Å²) in [6.45, 7) is 10.7. The van der Waals surface area contributed by atoms with Gasteiger partial charge in [-0.1, -0.05) is 18.2 Å². The number of nitrogens with one attached hydrogen (secondary N) is 1. The van der Waals surface area contributed by atoms with Gasteiger partial charge >= 0.3 is 0 Å². The lowest BCUT2D eigenvalue weighted by Crippen LogP contribution is -2.37. The van der Waals surface area contributed by atoms with E-state index in [0.717, 1.165) is 63.9 Å². The molecule has 6 nitrogen and oxygen atoms in total. The number of hydrogen-bond donors (Lipinski definition) is 1. The highest BCUT2D eigenvalue weighted by atomic mass is 16.5. The normalized spacial score (nSPS) is 18.2. The molecule has 1 unspecified atom stereocenters. The summed E-state index contributed by atoms with van der Waals surface area (Å²) in [5, 5.41) is 3.15. The smallest absolute Gasteiger partial charge is 0.251 e. The molecule has 2 aromatic carbocycles. The zero-order valence-corrected chi connectivity index (χ0v) is 17.9. The van der Waals surface area contributed by atoms with Crippen LogP contribution in [-0.4, -0.2) is 58.5 Å². The van der Waals surface area contributed by atoms with Crippen molar-refractivity contribution in [2.24, 2.45) is 0 Å². The van der Waals surface area contributed by atoms with Crippen molar-refractivity contribution in [3.63, 3.8) is 0 Å². The first-order chi connectivity index (χ1) is 14.6. The maximum atomic E-state index is 12.9. The Morgan fingerprint density at radius 2 is 1.50 bits per heavy atom. The standard InChI is InChI=1S/C24H31N3O3/c1-18-3-4-21(17-23(18)27-11-15-30-16-12-27)24(28)25-19(2)20-5-7-22(8-6-20)26-9-13-29-14-10-26/h3-8,17,19H,9-16H2,1-2H3,(H,25,28). The van der Waals surface area contributed by atoms with E-state index in [0.29, 0.717) is 5.56 Å². The van der Waals surface area contributed by atoms with E-state index in [2.05, 4.69) is 46.3 Å². The van der Waals surface area contributed by atoms with Gasteiger partial charge in [0, 0.05) is 43.1 Å². The van der Waals surface area contributed by atoms with E-state index in [1.807, 2.05) is 25.1 Å². The molecule has 30 heavy (non-hydrogen) atoms. The molecule has 0 aromatic heterocycles. The summed E-state index contributed by atoms with van der Waals surface area (Å²) in [6.07, 6.45) is 0. The fraction of sp³-hybridized carbons (Fsp3) is 0.458. The second-order valence-electron chi connectivity index (χ2n) is 7.99. The first-order valence-electron chi connectivity index (χ1n) is 10.8. The molecule has 2 heterocycles. The maximum Gasteiger partial charge on any atom is 0.251 e. The summed E-state index contributed by atoms with van der Waals surface area (Å²) in [6, 6.07) is 14.3. The van der Waals surface area contributed by atoms with Crippen molar-refractivity contribution < 1.29 is 14.3 Å². The van der Waals surface area contributed by atoms with E-state index < -0.39 is 0 Å². The minimum Gasteiger partial charge on any atom is -0.378 e. The van der Waals surface area contributed by atoms with Crippen LogP contribution in [0.4, 0.5) is 11.4 Å². The second-order valence-corrected chi connectivity index (χ2v) is 7.99. The van der Waals surface area contributed by atoms with Crippen LogP contribution in [0.15, 0.2) is 42.5 Å². The molecule has 2 aromatic rings. The molecule has 1 atom stereocenters. The minimum absolute atomic E-state index is 0.0470. The number of aryl methyl sites for hydroxylation is 1. The van der Waals surface area contributed by atoms with Crippen molar-refractivity contribution in [1.82, 2.24) is 5.32 Å².